The summed E-state index contributed by atoms with van der Waals surface area (Å²) in [5.74, 6) is -0.533. The molecule has 15 heavy (non-hydrogen) atoms. The van der Waals surface area contributed by atoms with Gasteiger partial charge in [-0.05, 0) is 5.56 Å². The predicted molar refractivity (Wildman–Crippen MR) is 55.1 cm³/mol. The minimum absolute atomic E-state index is 0.360. The van der Waals surface area contributed by atoms with Gasteiger partial charge in [-0.2, -0.15) is 0 Å². The summed E-state index contributed by atoms with van der Waals surface area (Å²) in [4.78, 5) is 11.3. The average Bonchev–Trinajstić information content (AvgIpc) is 2.43. The number of carbonyl (C=O) groups excluding carboxylic acids is 1. The lowest BCUT2D eigenvalue weighted by atomic mass is 9.80. The maximum absolute atomic E-state index is 11.3. The number of benzene rings is 1. The van der Waals surface area contributed by atoms with Crippen molar-refractivity contribution in [3.8, 4) is 0 Å². The van der Waals surface area contributed by atoms with Gasteiger partial charge in [-0.25, -0.2) is 4.79 Å². The zero-order valence-electron chi connectivity index (χ0n) is 8.81. The Morgan fingerprint density at radius 2 is 1.87 bits per heavy atom. The molecule has 1 fully saturated rings. The van der Waals surface area contributed by atoms with Crippen LogP contribution in [0.15, 0.2) is 30.3 Å². The molecule has 0 amide bonds. The molecule has 1 saturated heterocycles. The Morgan fingerprint density at radius 1 is 1.27 bits per heavy atom. The Balaban J connectivity index is 2.36. The van der Waals surface area contributed by atoms with E-state index in [1.54, 1.807) is 0 Å². The van der Waals surface area contributed by atoms with Crippen LogP contribution in [-0.2, 0) is 9.53 Å². The number of carbonyl (C=O) groups is 1. The molecule has 0 saturated carbocycles. The van der Waals surface area contributed by atoms with Crippen LogP contribution in [0.25, 0.3) is 0 Å². The molecule has 1 heterocycles. The highest BCUT2D eigenvalue weighted by atomic mass is 16.6. The van der Waals surface area contributed by atoms with Crippen LogP contribution in [0.4, 0.5) is 0 Å². The summed E-state index contributed by atoms with van der Waals surface area (Å²) in [6.45, 7) is 3.67. The summed E-state index contributed by atoms with van der Waals surface area (Å²) >= 11 is 0. The molecular weight excluding hydrogens is 192 g/mol. The van der Waals surface area contributed by atoms with Crippen LogP contribution in [0.3, 0.4) is 0 Å². The maximum Gasteiger partial charge on any atom is 0.336 e. The number of cyclic esters (lactones) is 1. The van der Waals surface area contributed by atoms with E-state index in [1.807, 2.05) is 44.2 Å². The minimum atomic E-state index is -1.04. The van der Waals surface area contributed by atoms with E-state index in [-0.39, 0.29) is 6.10 Å². The molecule has 3 nitrogen and oxygen atoms in total. The highest BCUT2D eigenvalue weighted by Crippen LogP contribution is 2.45. The Morgan fingerprint density at radius 3 is 2.33 bits per heavy atom. The van der Waals surface area contributed by atoms with Crippen molar-refractivity contribution < 1.29 is 14.6 Å². The van der Waals surface area contributed by atoms with E-state index >= 15 is 0 Å². The first-order chi connectivity index (χ1) is 7.03. The highest BCUT2D eigenvalue weighted by molar-refractivity contribution is 5.78. The fourth-order valence-electron chi connectivity index (χ4n) is 1.91. The molecule has 1 aromatic carbocycles. The molecule has 3 heteroatoms. The molecule has 80 valence electrons. The maximum atomic E-state index is 11.3. The van der Waals surface area contributed by atoms with Crippen LogP contribution in [0.1, 0.15) is 25.5 Å². The number of ether oxygens (including phenoxy) is 1. The number of aliphatic hydroxyl groups excluding tert-OH is 1. The first-order valence-electron chi connectivity index (χ1n) is 4.97. The van der Waals surface area contributed by atoms with Gasteiger partial charge in [0.15, 0.2) is 6.10 Å². The van der Waals surface area contributed by atoms with E-state index in [9.17, 15) is 9.90 Å². The molecule has 1 aromatic rings. The number of hydrogen-bond acceptors (Lipinski definition) is 3. The average molecular weight is 206 g/mol. The second-order valence-electron chi connectivity index (χ2n) is 4.45. The zero-order chi connectivity index (χ0) is 11.1. The molecule has 0 radical (unpaired) electrons. The highest BCUT2D eigenvalue weighted by Gasteiger charge is 2.50. The molecule has 0 spiro atoms. The summed E-state index contributed by atoms with van der Waals surface area (Å²) < 4.78 is 5.19. The molecule has 0 unspecified atom stereocenters. The van der Waals surface area contributed by atoms with Crippen molar-refractivity contribution in [3.63, 3.8) is 0 Å². The molecule has 0 aromatic heterocycles. The van der Waals surface area contributed by atoms with Gasteiger partial charge < -0.3 is 9.84 Å². The van der Waals surface area contributed by atoms with Crippen LogP contribution < -0.4 is 0 Å². The Kier molecular flexibility index (Phi) is 2.27. The molecule has 1 N–H and O–H groups in total. The van der Waals surface area contributed by atoms with E-state index in [0.29, 0.717) is 0 Å². The van der Waals surface area contributed by atoms with E-state index in [0.717, 1.165) is 5.56 Å². The van der Waals surface area contributed by atoms with Crippen molar-refractivity contribution in [2.75, 3.05) is 0 Å². The SMILES string of the molecule is CC1(C)[C@H](O)C(=O)O[C@H]1c1ccccc1. The predicted octanol–water partition coefficient (Wildman–Crippen LogP) is 1.67. The lowest BCUT2D eigenvalue weighted by Gasteiger charge is -2.25. The number of aliphatic hydroxyl groups is 1. The second-order valence-corrected chi connectivity index (χ2v) is 4.45. The fourth-order valence-corrected chi connectivity index (χ4v) is 1.91. The zero-order valence-corrected chi connectivity index (χ0v) is 8.81. The first-order valence-corrected chi connectivity index (χ1v) is 4.97. The lowest BCUT2D eigenvalue weighted by Crippen LogP contribution is -2.30. The summed E-state index contributed by atoms with van der Waals surface area (Å²) in [7, 11) is 0. The van der Waals surface area contributed by atoms with Gasteiger partial charge in [0.2, 0.25) is 0 Å². The third kappa shape index (κ3) is 1.53. The molecule has 2 rings (SSSR count). The van der Waals surface area contributed by atoms with E-state index in [4.69, 9.17) is 4.74 Å². The van der Waals surface area contributed by atoms with Crippen molar-refractivity contribution >= 4 is 5.97 Å². The summed E-state index contributed by atoms with van der Waals surface area (Å²) in [5, 5.41) is 9.68. The quantitative estimate of drug-likeness (QED) is 0.711. The standard InChI is InChI=1S/C12H14O3/c1-12(2)9(13)11(14)15-10(12)8-6-4-3-5-7-8/h3-7,9-10,13H,1-2H3/t9-,10+/m1/s1. The van der Waals surface area contributed by atoms with Crippen LogP contribution >= 0.6 is 0 Å². The molecule has 1 aliphatic rings. The minimum Gasteiger partial charge on any atom is -0.455 e. The van der Waals surface area contributed by atoms with Gasteiger partial charge >= 0.3 is 5.97 Å². The topological polar surface area (TPSA) is 46.5 Å². The van der Waals surface area contributed by atoms with Crippen LogP contribution in [0.5, 0.6) is 0 Å². The molecule has 2 atom stereocenters. The summed E-state index contributed by atoms with van der Waals surface area (Å²) in [6.07, 6.45) is -1.40. The number of hydrogen-bond donors (Lipinski definition) is 1. The van der Waals surface area contributed by atoms with Crippen molar-refractivity contribution in [2.45, 2.75) is 26.1 Å². The Bertz CT molecular complexity index is 370. The third-order valence-electron chi connectivity index (χ3n) is 2.94. The normalized spacial score (nSPS) is 28.9. The van der Waals surface area contributed by atoms with Crippen molar-refractivity contribution in [3.05, 3.63) is 35.9 Å². The number of esters is 1. The van der Waals surface area contributed by atoms with Crippen LogP contribution in [0, 0.1) is 5.41 Å². The van der Waals surface area contributed by atoms with Crippen LogP contribution in [0.2, 0.25) is 0 Å². The molecule has 0 bridgehead atoms. The Labute approximate surface area is 88.7 Å². The van der Waals surface area contributed by atoms with Gasteiger partial charge in [-0.3, -0.25) is 0 Å². The van der Waals surface area contributed by atoms with E-state index < -0.39 is 17.5 Å². The van der Waals surface area contributed by atoms with Crippen molar-refractivity contribution in [2.24, 2.45) is 5.41 Å². The molecule has 0 aliphatic carbocycles. The Hall–Kier alpha value is -1.35. The van der Waals surface area contributed by atoms with Crippen molar-refractivity contribution in [1.29, 1.82) is 0 Å². The lowest BCUT2D eigenvalue weighted by molar-refractivity contribution is -0.147. The van der Waals surface area contributed by atoms with Gasteiger partial charge in [-0.15, -0.1) is 0 Å². The smallest absolute Gasteiger partial charge is 0.336 e. The monoisotopic (exact) mass is 206 g/mol. The van der Waals surface area contributed by atoms with Crippen molar-refractivity contribution in [1.82, 2.24) is 0 Å². The second kappa shape index (κ2) is 3.35. The van der Waals surface area contributed by atoms with Gasteiger partial charge in [0.25, 0.3) is 0 Å². The van der Waals surface area contributed by atoms with Gasteiger partial charge in [0.05, 0.1) is 0 Å². The first kappa shape index (κ1) is 10.2. The van der Waals surface area contributed by atoms with Gasteiger partial charge in [0, 0.05) is 5.41 Å². The van der Waals surface area contributed by atoms with E-state index in [2.05, 4.69) is 0 Å². The van der Waals surface area contributed by atoms with Gasteiger partial charge in [-0.1, -0.05) is 44.2 Å². The third-order valence-corrected chi connectivity index (χ3v) is 2.94. The number of rotatable bonds is 1. The molecular formula is C12H14O3. The summed E-state index contributed by atoms with van der Waals surface area (Å²) in [5.41, 5.74) is 0.353. The van der Waals surface area contributed by atoms with E-state index in [1.165, 1.54) is 0 Å². The van der Waals surface area contributed by atoms with Crippen LogP contribution in [-0.4, -0.2) is 17.2 Å². The van der Waals surface area contributed by atoms with Gasteiger partial charge in [0.1, 0.15) is 6.10 Å². The summed E-state index contributed by atoms with van der Waals surface area (Å²) in [6, 6.07) is 9.49. The fraction of sp³-hybridized carbons (Fsp3) is 0.417. The largest absolute Gasteiger partial charge is 0.455 e. The molecule has 1 aliphatic heterocycles.